The van der Waals surface area contributed by atoms with Crippen molar-refractivity contribution in [1.82, 2.24) is 0 Å². The molecule has 0 rings (SSSR count). The average molecular weight is 184 g/mol. The quantitative estimate of drug-likeness (QED) is 0.331. The molecular formula is C6H13KN2O2. The molecule has 0 saturated carbocycles. The van der Waals surface area contributed by atoms with Crippen molar-refractivity contribution < 1.29 is 61.3 Å². The summed E-state index contributed by atoms with van der Waals surface area (Å²) in [6.45, 7) is 0.583. The van der Waals surface area contributed by atoms with Crippen molar-refractivity contribution in [1.29, 1.82) is 0 Å². The van der Waals surface area contributed by atoms with E-state index in [0.717, 1.165) is 12.8 Å². The molecule has 0 aliphatic heterocycles. The largest absolute Gasteiger partial charge is 1.00 e. The first-order chi connectivity index (χ1) is 4.68. The van der Waals surface area contributed by atoms with Gasteiger partial charge in [0.25, 0.3) is 0 Å². The molecule has 0 bridgehead atoms. The molecule has 0 aromatic rings. The normalized spacial score (nSPS) is 11.8. The first-order valence-corrected chi connectivity index (χ1v) is 3.35. The minimum absolute atomic E-state index is 0. The van der Waals surface area contributed by atoms with Crippen LogP contribution in [0.15, 0.2) is 0 Å². The van der Waals surface area contributed by atoms with Gasteiger partial charge in [0, 0.05) is 6.04 Å². The van der Waals surface area contributed by atoms with Crippen LogP contribution in [0.3, 0.4) is 0 Å². The fourth-order valence-corrected chi connectivity index (χ4v) is 0.626. The number of carbonyl (C=O) groups excluding carboxylic acids is 1. The Morgan fingerprint density at radius 3 is 2.36 bits per heavy atom. The second kappa shape index (κ2) is 9.12. The van der Waals surface area contributed by atoms with Crippen LogP contribution in [-0.2, 0) is 4.79 Å². The molecule has 0 radical (unpaired) electrons. The Hall–Kier alpha value is 1.03. The Bertz CT molecular complexity index is 111. The van der Waals surface area contributed by atoms with Crippen molar-refractivity contribution in [2.45, 2.75) is 25.3 Å². The third-order valence-electron chi connectivity index (χ3n) is 1.27. The van der Waals surface area contributed by atoms with Gasteiger partial charge in [0.2, 0.25) is 0 Å². The topological polar surface area (TPSA) is 92.2 Å². The van der Waals surface area contributed by atoms with Gasteiger partial charge < -0.3 is 21.4 Å². The van der Waals surface area contributed by atoms with Gasteiger partial charge in [-0.2, -0.15) is 0 Å². The van der Waals surface area contributed by atoms with Gasteiger partial charge in [-0.25, -0.2) is 0 Å². The molecule has 5 heteroatoms. The molecule has 0 heterocycles. The molecule has 0 spiro atoms. The molecule has 0 amide bonds. The number of hydrogen-bond donors (Lipinski definition) is 2. The van der Waals surface area contributed by atoms with Crippen LogP contribution >= 0.6 is 0 Å². The zero-order valence-corrected chi connectivity index (χ0v) is 10.0. The summed E-state index contributed by atoms with van der Waals surface area (Å²) in [5.41, 5.74) is 10.3. The van der Waals surface area contributed by atoms with E-state index in [1.807, 2.05) is 0 Å². The first kappa shape index (κ1) is 14.5. The molecule has 0 aromatic heterocycles. The Morgan fingerprint density at radius 1 is 1.45 bits per heavy atom. The Labute approximate surface area is 109 Å². The summed E-state index contributed by atoms with van der Waals surface area (Å²) in [7, 11) is 0. The summed E-state index contributed by atoms with van der Waals surface area (Å²) < 4.78 is 0. The third kappa shape index (κ3) is 8.94. The van der Waals surface area contributed by atoms with E-state index in [-0.39, 0.29) is 51.4 Å². The minimum Gasteiger partial charge on any atom is -0.548 e. The first-order valence-electron chi connectivity index (χ1n) is 3.35. The van der Waals surface area contributed by atoms with E-state index in [1.165, 1.54) is 0 Å². The van der Waals surface area contributed by atoms with Gasteiger partial charge in [-0.15, -0.1) is 0 Å². The molecule has 0 aromatic carbocycles. The molecule has 60 valence electrons. The summed E-state index contributed by atoms with van der Waals surface area (Å²) in [6.07, 6.45) is 2.03. The van der Waals surface area contributed by atoms with E-state index in [2.05, 4.69) is 0 Å². The third-order valence-corrected chi connectivity index (χ3v) is 1.27. The fraction of sp³-hybridized carbons (Fsp3) is 0.833. The zero-order valence-electron chi connectivity index (χ0n) is 6.88. The number of carbonyl (C=O) groups is 1. The van der Waals surface area contributed by atoms with E-state index < -0.39 is 12.0 Å². The SMILES string of the molecule is NCCCC[C@H](N)C(=O)[O-].[K+]. The maximum atomic E-state index is 10.0. The van der Waals surface area contributed by atoms with Gasteiger partial charge in [0.15, 0.2) is 0 Å². The van der Waals surface area contributed by atoms with Gasteiger partial charge in [0.1, 0.15) is 0 Å². The maximum Gasteiger partial charge on any atom is 1.00 e. The Kier molecular flexibility index (Phi) is 12.1. The summed E-state index contributed by atoms with van der Waals surface area (Å²) >= 11 is 0. The van der Waals surface area contributed by atoms with Crippen LogP contribution in [0.2, 0.25) is 0 Å². The molecule has 0 saturated heterocycles. The molecule has 1 atom stereocenters. The van der Waals surface area contributed by atoms with E-state index in [1.54, 1.807) is 0 Å². The summed E-state index contributed by atoms with van der Waals surface area (Å²) in [5, 5.41) is 10.0. The molecule has 4 nitrogen and oxygen atoms in total. The monoisotopic (exact) mass is 184 g/mol. The predicted octanol–water partition coefficient (Wildman–Crippen LogP) is -4.80. The molecule has 4 N–H and O–H groups in total. The summed E-state index contributed by atoms with van der Waals surface area (Å²) in [5.74, 6) is -1.18. The number of aliphatic carboxylic acids is 1. The van der Waals surface area contributed by atoms with Crippen LogP contribution in [0.1, 0.15) is 19.3 Å². The van der Waals surface area contributed by atoms with Crippen LogP contribution in [0, 0.1) is 0 Å². The van der Waals surface area contributed by atoms with Crippen molar-refractivity contribution >= 4 is 5.97 Å². The van der Waals surface area contributed by atoms with Crippen molar-refractivity contribution in [3.8, 4) is 0 Å². The zero-order chi connectivity index (χ0) is 7.98. The molecule has 0 unspecified atom stereocenters. The molecule has 0 fully saturated rings. The van der Waals surface area contributed by atoms with Crippen LogP contribution in [0.5, 0.6) is 0 Å². The van der Waals surface area contributed by atoms with Crippen molar-refractivity contribution in [2.75, 3.05) is 6.54 Å². The molecule has 0 aliphatic carbocycles. The second-order valence-corrected chi connectivity index (χ2v) is 2.21. The van der Waals surface area contributed by atoms with E-state index in [0.29, 0.717) is 13.0 Å². The number of rotatable bonds is 5. The molecule has 0 aliphatic rings. The van der Waals surface area contributed by atoms with Crippen LogP contribution in [0.25, 0.3) is 0 Å². The summed E-state index contributed by atoms with van der Waals surface area (Å²) in [4.78, 5) is 10.0. The maximum absolute atomic E-state index is 10.0. The summed E-state index contributed by atoms with van der Waals surface area (Å²) in [6, 6.07) is -0.827. The van der Waals surface area contributed by atoms with Crippen molar-refractivity contribution in [3.63, 3.8) is 0 Å². The van der Waals surface area contributed by atoms with E-state index >= 15 is 0 Å². The van der Waals surface area contributed by atoms with Gasteiger partial charge in [-0.1, -0.05) is 6.42 Å². The molecule has 11 heavy (non-hydrogen) atoms. The van der Waals surface area contributed by atoms with Crippen LogP contribution in [0.4, 0.5) is 0 Å². The average Bonchev–Trinajstić information content (AvgIpc) is 1.88. The fourth-order valence-electron chi connectivity index (χ4n) is 0.626. The standard InChI is InChI=1S/C6H14N2O2.K/c7-4-2-1-3-5(8)6(9)10;/h5H,1-4,7-8H2,(H,9,10);/q;+1/p-1/t5-;/m0./s1. The van der Waals surface area contributed by atoms with Gasteiger partial charge in [-0.05, 0) is 19.4 Å². The van der Waals surface area contributed by atoms with Gasteiger partial charge in [-0.3, -0.25) is 0 Å². The van der Waals surface area contributed by atoms with E-state index in [9.17, 15) is 9.90 Å². The van der Waals surface area contributed by atoms with Crippen LogP contribution in [-0.4, -0.2) is 18.6 Å². The number of nitrogens with two attached hydrogens (primary N) is 2. The smallest absolute Gasteiger partial charge is 0.548 e. The van der Waals surface area contributed by atoms with Crippen molar-refractivity contribution in [2.24, 2.45) is 11.5 Å². The second-order valence-electron chi connectivity index (χ2n) is 2.21. The number of carboxylic acids is 1. The Balaban J connectivity index is 0. The number of unbranched alkanes of at least 4 members (excludes halogenated alkanes) is 1. The van der Waals surface area contributed by atoms with Gasteiger partial charge in [0.05, 0.1) is 5.97 Å². The predicted molar refractivity (Wildman–Crippen MR) is 35.9 cm³/mol. The Morgan fingerprint density at radius 2 is 2.00 bits per heavy atom. The number of carboxylic acid groups (broad SMARTS) is 1. The van der Waals surface area contributed by atoms with E-state index in [4.69, 9.17) is 11.5 Å². The van der Waals surface area contributed by atoms with Gasteiger partial charge >= 0.3 is 51.4 Å². The minimum atomic E-state index is -1.18. The van der Waals surface area contributed by atoms with Crippen LogP contribution < -0.4 is 68.0 Å². The number of hydrogen-bond acceptors (Lipinski definition) is 4. The molecular weight excluding hydrogens is 171 g/mol. The van der Waals surface area contributed by atoms with Crippen molar-refractivity contribution in [3.05, 3.63) is 0 Å².